The number of nitro benzene ring substituents is 1. The molecule has 0 spiro atoms. The molecular formula is C13H17ClN2O6S. The van der Waals surface area contributed by atoms with Crippen LogP contribution in [-0.2, 0) is 19.6 Å². The van der Waals surface area contributed by atoms with Crippen LogP contribution in [0.1, 0.15) is 20.3 Å². The van der Waals surface area contributed by atoms with Gasteiger partial charge in [0.2, 0.25) is 10.0 Å². The molecule has 0 heterocycles. The molecule has 0 radical (unpaired) electrons. The highest BCUT2D eigenvalue weighted by Crippen LogP contribution is 2.27. The number of carbonyl (C=O) groups excluding carboxylic acids is 1. The highest BCUT2D eigenvalue weighted by atomic mass is 35.5. The van der Waals surface area contributed by atoms with E-state index in [4.69, 9.17) is 11.6 Å². The number of nitro groups is 1. The molecule has 1 rings (SSSR count). The summed E-state index contributed by atoms with van der Waals surface area (Å²) in [6, 6.07) is 1.99. The van der Waals surface area contributed by atoms with E-state index in [-0.39, 0.29) is 15.8 Å². The molecule has 0 aromatic heterocycles. The molecule has 1 aromatic carbocycles. The number of sulfonamides is 1. The lowest BCUT2D eigenvalue weighted by atomic mass is 10.0. The minimum Gasteiger partial charge on any atom is -0.468 e. The topological polar surface area (TPSA) is 116 Å². The Kier molecular flexibility index (Phi) is 6.48. The van der Waals surface area contributed by atoms with Crippen molar-refractivity contribution in [1.82, 2.24) is 4.72 Å². The van der Waals surface area contributed by atoms with E-state index in [1.54, 1.807) is 13.8 Å². The first kappa shape index (κ1) is 19.3. The van der Waals surface area contributed by atoms with Crippen molar-refractivity contribution in [2.24, 2.45) is 5.92 Å². The minimum absolute atomic E-state index is 0.180. The lowest BCUT2D eigenvalue weighted by Gasteiger charge is -2.21. The van der Waals surface area contributed by atoms with Gasteiger partial charge in [0.25, 0.3) is 5.69 Å². The largest absolute Gasteiger partial charge is 0.468 e. The number of hydrogen-bond donors (Lipinski definition) is 1. The Hall–Kier alpha value is -1.71. The summed E-state index contributed by atoms with van der Waals surface area (Å²) in [5.74, 6) is -1.05. The lowest BCUT2D eigenvalue weighted by molar-refractivity contribution is -0.384. The predicted octanol–water partition coefficient (Wildman–Crippen LogP) is 2.11. The molecule has 23 heavy (non-hydrogen) atoms. The quantitative estimate of drug-likeness (QED) is 0.450. The Morgan fingerprint density at radius 2 is 2.09 bits per heavy atom. The maximum absolute atomic E-state index is 12.4. The summed E-state index contributed by atoms with van der Waals surface area (Å²) in [4.78, 5) is 21.5. The maximum Gasteiger partial charge on any atom is 0.324 e. The fourth-order valence-corrected chi connectivity index (χ4v) is 3.29. The van der Waals surface area contributed by atoms with E-state index in [9.17, 15) is 23.3 Å². The second kappa shape index (κ2) is 7.71. The third-order valence-corrected chi connectivity index (χ3v) is 5.13. The smallest absolute Gasteiger partial charge is 0.324 e. The van der Waals surface area contributed by atoms with Crippen molar-refractivity contribution in [3.8, 4) is 0 Å². The van der Waals surface area contributed by atoms with Crippen LogP contribution >= 0.6 is 11.6 Å². The van der Waals surface area contributed by atoms with Crippen molar-refractivity contribution >= 4 is 33.3 Å². The van der Waals surface area contributed by atoms with Gasteiger partial charge in [0.1, 0.15) is 11.1 Å². The van der Waals surface area contributed by atoms with Gasteiger partial charge in [0, 0.05) is 6.07 Å². The number of rotatable bonds is 7. The zero-order chi connectivity index (χ0) is 17.8. The van der Waals surface area contributed by atoms with Crippen molar-refractivity contribution in [2.45, 2.75) is 31.2 Å². The Morgan fingerprint density at radius 1 is 1.48 bits per heavy atom. The molecule has 0 fully saturated rings. The van der Waals surface area contributed by atoms with Gasteiger partial charge < -0.3 is 4.74 Å². The standard InChI is InChI=1S/C13H17ClN2O6S/c1-4-8(2)12(13(17)22-3)15-23(20,21)9-5-6-10(14)11(7-9)16(18)19/h5-8,12,15H,4H2,1-3H3/t8-,12+/m0/s1. The summed E-state index contributed by atoms with van der Waals surface area (Å²) >= 11 is 5.66. The van der Waals surface area contributed by atoms with E-state index in [1.807, 2.05) is 0 Å². The van der Waals surface area contributed by atoms with E-state index in [2.05, 4.69) is 9.46 Å². The molecule has 0 unspecified atom stereocenters. The summed E-state index contributed by atoms with van der Waals surface area (Å²) in [7, 11) is -3.00. The van der Waals surface area contributed by atoms with Crippen molar-refractivity contribution in [3.63, 3.8) is 0 Å². The third-order valence-electron chi connectivity index (χ3n) is 3.37. The van der Waals surface area contributed by atoms with Crippen LogP contribution in [0, 0.1) is 16.0 Å². The van der Waals surface area contributed by atoms with Crippen molar-refractivity contribution in [1.29, 1.82) is 0 Å². The van der Waals surface area contributed by atoms with Crippen molar-refractivity contribution < 1.29 is 22.9 Å². The summed E-state index contributed by atoms with van der Waals surface area (Å²) < 4.78 is 31.6. The molecular weight excluding hydrogens is 348 g/mol. The van der Waals surface area contributed by atoms with Gasteiger partial charge in [-0.25, -0.2) is 8.42 Å². The van der Waals surface area contributed by atoms with Crippen LogP contribution in [0.4, 0.5) is 5.69 Å². The molecule has 0 amide bonds. The second-order valence-electron chi connectivity index (χ2n) is 4.88. The van der Waals surface area contributed by atoms with Gasteiger partial charge >= 0.3 is 5.97 Å². The number of methoxy groups -OCH3 is 1. The number of halogens is 1. The van der Waals surface area contributed by atoms with Crippen LogP contribution in [0.2, 0.25) is 5.02 Å². The number of carbonyl (C=O) groups is 1. The normalized spacial score (nSPS) is 14.1. The van der Waals surface area contributed by atoms with Gasteiger partial charge in [-0.2, -0.15) is 4.72 Å². The molecule has 0 bridgehead atoms. The summed E-state index contributed by atoms with van der Waals surface area (Å²) in [5.41, 5.74) is -0.535. The zero-order valence-electron chi connectivity index (χ0n) is 12.8. The molecule has 8 nitrogen and oxygen atoms in total. The molecule has 128 valence electrons. The Balaban J connectivity index is 3.22. The number of esters is 1. The van der Waals surface area contributed by atoms with Gasteiger partial charge in [-0.3, -0.25) is 14.9 Å². The van der Waals surface area contributed by atoms with Crippen LogP contribution < -0.4 is 4.72 Å². The van der Waals surface area contributed by atoms with Gasteiger partial charge in [0.05, 0.1) is 16.9 Å². The summed E-state index contributed by atoms with van der Waals surface area (Å²) in [5, 5.41) is 10.7. The molecule has 0 saturated carbocycles. The summed E-state index contributed by atoms with van der Waals surface area (Å²) in [6.45, 7) is 3.48. The van der Waals surface area contributed by atoms with E-state index < -0.39 is 32.6 Å². The highest BCUT2D eigenvalue weighted by molar-refractivity contribution is 7.89. The Labute approximate surface area is 139 Å². The third kappa shape index (κ3) is 4.63. The van der Waals surface area contributed by atoms with Gasteiger partial charge in [-0.1, -0.05) is 31.9 Å². The van der Waals surface area contributed by atoms with Crippen LogP contribution in [0.3, 0.4) is 0 Å². The first-order chi connectivity index (χ1) is 10.6. The average Bonchev–Trinajstić information content (AvgIpc) is 2.51. The number of nitrogens with zero attached hydrogens (tertiary/aromatic N) is 1. The molecule has 0 saturated heterocycles. The first-order valence-electron chi connectivity index (χ1n) is 6.68. The van der Waals surface area contributed by atoms with Crippen LogP contribution in [-0.4, -0.2) is 32.5 Å². The predicted molar refractivity (Wildman–Crippen MR) is 83.7 cm³/mol. The fraction of sp³-hybridized carbons (Fsp3) is 0.462. The molecule has 1 aromatic rings. The van der Waals surface area contributed by atoms with Gasteiger partial charge in [-0.05, 0) is 18.1 Å². The molecule has 10 heteroatoms. The lowest BCUT2D eigenvalue weighted by Crippen LogP contribution is -2.45. The molecule has 0 aliphatic carbocycles. The molecule has 0 aliphatic heterocycles. The summed E-state index contributed by atoms with van der Waals surface area (Å²) in [6.07, 6.45) is 0.531. The van der Waals surface area contributed by atoms with E-state index in [0.717, 1.165) is 25.3 Å². The number of hydrogen-bond acceptors (Lipinski definition) is 6. The van der Waals surface area contributed by atoms with Crippen molar-refractivity contribution in [2.75, 3.05) is 7.11 Å². The van der Waals surface area contributed by atoms with Crippen molar-refractivity contribution in [3.05, 3.63) is 33.3 Å². The number of benzene rings is 1. The Morgan fingerprint density at radius 3 is 2.57 bits per heavy atom. The van der Waals surface area contributed by atoms with Crippen LogP contribution in [0.15, 0.2) is 23.1 Å². The molecule has 1 N–H and O–H groups in total. The van der Waals surface area contributed by atoms with Crippen LogP contribution in [0.25, 0.3) is 0 Å². The second-order valence-corrected chi connectivity index (χ2v) is 7.00. The molecule has 0 aliphatic rings. The minimum atomic E-state index is -4.16. The highest BCUT2D eigenvalue weighted by Gasteiger charge is 2.31. The SMILES string of the molecule is CC[C@H](C)[C@@H](NS(=O)(=O)c1ccc(Cl)c([N+](=O)[O-])c1)C(=O)OC. The average molecular weight is 365 g/mol. The maximum atomic E-state index is 12.4. The first-order valence-corrected chi connectivity index (χ1v) is 8.54. The zero-order valence-corrected chi connectivity index (χ0v) is 14.3. The van der Waals surface area contributed by atoms with Gasteiger partial charge in [0.15, 0.2) is 0 Å². The van der Waals surface area contributed by atoms with Crippen LogP contribution in [0.5, 0.6) is 0 Å². The van der Waals surface area contributed by atoms with E-state index in [0.29, 0.717) is 6.42 Å². The fourth-order valence-electron chi connectivity index (χ4n) is 1.79. The van der Waals surface area contributed by atoms with E-state index >= 15 is 0 Å². The van der Waals surface area contributed by atoms with Gasteiger partial charge in [-0.15, -0.1) is 0 Å². The molecule has 2 atom stereocenters. The number of ether oxygens (including phenoxy) is 1. The number of nitrogens with one attached hydrogen (secondary N) is 1. The van der Waals surface area contributed by atoms with E-state index in [1.165, 1.54) is 0 Å². The Bertz CT molecular complexity index is 706. The monoisotopic (exact) mass is 364 g/mol.